The molecular weight excluding hydrogens is 222 g/mol. The molecule has 100 valence electrons. The van der Waals surface area contributed by atoms with Crippen LogP contribution in [0.1, 0.15) is 32.6 Å². The number of likely N-dealkylation sites (N-methyl/N-ethyl adjacent to an activating group) is 1. The van der Waals surface area contributed by atoms with E-state index >= 15 is 0 Å². The molecule has 0 saturated heterocycles. The van der Waals surface area contributed by atoms with Crippen molar-refractivity contribution in [2.75, 3.05) is 33.4 Å². The Kier molecular flexibility index (Phi) is 9.66. The highest BCUT2D eigenvalue weighted by Gasteiger charge is 2.12. The van der Waals surface area contributed by atoms with Crippen molar-refractivity contribution in [3.63, 3.8) is 0 Å². The van der Waals surface area contributed by atoms with E-state index < -0.39 is 5.97 Å². The SMILES string of the molecule is CCOC(=O)CC(=O)CN(C)CCCCCO. The molecule has 0 aromatic rings. The molecule has 0 heterocycles. The predicted octanol–water partition coefficient (Wildman–Crippen LogP) is 0.603. The van der Waals surface area contributed by atoms with Crippen LogP contribution in [0.25, 0.3) is 0 Å². The summed E-state index contributed by atoms with van der Waals surface area (Å²) in [5.41, 5.74) is 0. The number of carbonyl (C=O) groups is 2. The maximum atomic E-state index is 11.4. The van der Waals surface area contributed by atoms with Gasteiger partial charge in [0.25, 0.3) is 0 Å². The van der Waals surface area contributed by atoms with Gasteiger partial charge in [0.15, 0.2) is 5.78 Å². The van der Waals surface area contributed by atoms with Gasteiger partial charge in [-0.1, -0.05) is 0 Å². The quantitative estimate of drug-likeness (QED) is 0.347. The highest BCUT2D eigenvalue weighted by molar-refractivity contribution is 5.96. The molecule has 0 aromatic heterocycles. The topological polar surface area (TPSA) is 66.8 Å². The summed E-state index contributed by atoms with van der Waals surface area (Å²) in [6.45, 7) is 3.32. The molecule has 0 aliphatic heterocycles. The van der Waals surface area contributed by atoms with Gasteiger partial charge >= 0.3 is 5.97 Å². The molecule has 0 unspecified atom stereocenters. The summed E-state index contributed by atoms with van der Waals surface area (Å²) >= 11 is 0. The number of hydrogen-bond acceptors (Lipinski definition) is 5. The zero-order chi connectivity index (χ0) is 13.1. The van der Waals surface area contributed by atoms with Crippen molar-refractivity contribution in [3.05, 3.63) is 0 Å². The maximum absolute atomic E-state index is 11.4. The third-order valence-electron chi connectivity index (χ3n) is 2.29. The minimum absolute atomic E-state index is 0.117. The van der Waals surface area contributed by atoms with Crippen molar-refractivity contribution in [2.24, 2.45) is 0 Å². The molecule has 0 radical (unpaired) electrons. The summed E-state index contributed by atoms with van der Waals surface area (Å²) in [5.74, 6) is -0.570. The lowest BCUT2D eigenvalue weighted by atomic mass is 10.2. The van der Waals surface area contributed by atoms with Crippen molar-refractivity contribution < 1.29 is 19.4 Å². The Labute approximate surface area is 103 Å². The number of nitrogens with zero attached hydrogens (tertiary/aromatic N) is 1. The summed E-state index contributed by atoms with van der Waals surface area (Å²) in [6.07, 6.45) is 2.55. The van der Waals surface area contributed by atoms with E-state index in [1.54, 1.807) is 6.92 Å². The molecule has 0 atom stereocenters. The number of hydrogen-bond donors (Lipinski definition) is 1. The van der Waals surface area contributed by atoms with E-state index in [9.17, 15) is 9.59 Å². The van der Waals surface area contributed by atoms with Crippen LogP contribution in [0.2, 0.25) is 0 Å². The Balaban J connectivity index is 3.61. The van der Waals surface area contributed by atoms with Crippen molar-refractivity contribution >= 4 is 11.8 Å². The minimum Gasteiger partial charge on any atom is -0.466 e. The second-order valence-electron chi connectivity index (χ2n) is 4.04. The Hall–Kier alpha value is -0.940. The molecule has 0 saturated carbocycles. The summed E-state index contributed by atoms with van der Waals surface area (Å²) in [7, 11) is 1.85. The minimum atomic E-state index is -0.453. The van der Waals surface area contributed by atoms with Gasteiger partial charge in [0, 0.05) is 6.61 Å². The lowest BCUT2D eigenvalue weighted by Gasteiger charge is -2.15. The van der Waals surface area contributed by atoms with Gasteiger partial charge in [-0.15, -0.1) is 0 Å². The fraction of sp³-hybridized carbons (Fsp3) is 0.833. The third kappa shape index (κ3) is 9.96. The fourth-order valence-corrected chi connectivity index (χ4v) is 1.48. The molecule has 5 heteroatoms. The van der Waals surface area contributed by atoms with E-state index in [1.807, 2.05) is 11.9 Å². The number of carbonyl (C=O) groups excluding carboxylic acids is 2. The Morgan fingerprint density at radius 3 is 2.53 bits per heavy atom. The van der Waals surface area contributed by atoms with Gasteiger partial charge in [-0.3, -0.25) is 14.5 Å². The molecule has 1 N–H and O–H groups in total. The number of rotatable bonds is 10. The Morgan fingerprint density at radius 1 is 1.24 bits per heavy atom. The fourth-order valence-electron chi connectivity index (χ4n) is 1.48. The van der Waals surface area contributed by atoms with Gasteiger partial charge in [0.2, 0.25) is 0 Å². The van der Waals surface area contributed by atoms with Crippen LogP contribution >= 0.6 is 0 Å². The number of esters is 1. The molecule has 17 heavy (non-hydrogen) atoms. The van der Waals surface area contributed by atoms with Crippen molar-refractivity contribution in [2.45, 2.75) is 32.6 Å². The van der Waals surface area contributed by atoms with Crippen LogP contribution < -0.4 is 0 Å². The zero-order valence-electron chi connectivity index (χ0n) is 10.8. The molecule has 0 bridgehead atoms. The van der Waals surface area contributed by atoms with Gasteiger partial charge in [-0.25, -0.2) is 0 Å². The predicted molar refractivity (Wildman–Crippen MR) is 64.7 cm³/mol. The number of ketones is 1. The average molecular weight is 245 g/mol. The molecule has 5 nitrogen and oxygen atoms in total. The van der Waals surface area contributed by atoms with Crippen LogP contribution in [-0.2, 0) is 14.3 Å². The molecular formula is C12H23NO4. The highest BCUT2D eigenvalue weighted by atomic mass is 16.5. The first-order valence-corrected chi connectivity index (χ1v) is 6.06. The van der Waals surface area contributed by atoms with Crippen LogP contribution in [0.15, 0.2) is 0 Å². The molecule has 0 aliphatic rings. The van der Waals surface area contributed by atoms with Crippen LogP contribution in [0, 0.1) is 0 Å². The van der Waals surface area contributed by atoms with E-state index in [2.05, 4.69) is 0 Å². The average Bonchev–Trinajstić information content (AvgIpc) is 2.24. The number of aliphatic hydroxyl groups excluding tert-OH is 1. The smallest absolute Gasteiger partial charge is 0.313 e. The molecule has 0 fully saturated rings. The van der Waals surface area contributed by atoms with Gasteiger partial charge < -0.3 is 9.84 Å². The van der Waals surface area contributed by atoms with Crippen LogP contribution in [0.5, 0.6) is 0 Å². The Morgan fingerprint density at radius 2 is 1.94 bits per heavy atom. The standard InChI is InChI=1S/C12H23NO4/c1-3-17-12(16)9-11(15)10-13(2)7-5-4-6-8-14/h14H,3-10H2,1-2H3. The molecule has 0 spiro atoms. The molecule has 0 rings (SSSR count). The molecule has 0 amide bonds. The van der Waals surface area contributed by atoms with Crippen LogP contribution in [0.3, 0.4) is 0 Å². The van der Waals surface area contributed by atoms with Crippen molar-refractivity contribution in [1.82, 2.24) is 4.90 Å². The monoisotopic (exact) mass is 245 g/mol. The van der Waals surface area contributed by atoms with E-state index in [4.69, 9.17) is 9.84 Å². The van der Waals surface area contributed by atoms with Gasteiger partial charge in [0.05, 0.1) is 13.2 Å². The molecule has 0 aromatic carbocycles. The summed E-state index contributed by atoms with van der Waals surface area (Å²) in [5, 5.41) is 8.61. The van der Waals surface area contributed by atoms with Crippen molar-refractivity contribution in [1.29, 1.82) is 0 Å². The summed E-state index contributed by atoms with van der Waals surface area (Å²) in [4.78, 5) is 24.4. The lowest BCUT2D eigenvalue weighted by Crippen LogP contribution is -2.28. The van der Waals surface area contributed by atoms with E-state index in [0.717, 1.165) is 25.8 Å². The van der Waals surface area contributed by atoms with Crippen molar-refractivity contribution in [3.8, 4) is 0 Å². The van der Waals surface area contributed by atoms with Gasteiger partial charge in [-0.05, 0) is 39.8 Å². The summed E-state index contributed by atoms with van der Waals surface area (Å²) in [6, 6.07) is 0. The first-order chi connectivity index (χ1) is 8.10. The van der Waals surface area contributed by atoms with E-state index in [-0.39, 0.29) is 25.4 Å². The second kappa shape index (κ2) is 10.2. The van der Waals surface area contributed by atoms with E-state index in [0.29, 0.717) is 6.61 Å². The maximum Gasteiger partial charge on any atom is 0.313 e. The first-order valence-electron chi connectivity index (χ1n) is 6.06. The number of unbranched alkanes of at least 4 members (excludes halogenated alkanes) is 2. The third-order valence-corrected chi connectivity index (χ3v) is 2.29. The van der Waals surface area contributed by atoms with Crippen LogP contribution in [0.4, 0.5) is 0 Å². The van der Waals surface area contributed by atoms with Crippen LogP contribution in [-0.4, -0.2) is 55.1 Å². The van der Waals surface area contributed by atoms with E-state index in [1.165, 1.54) is 0 Å². The normalized spacial score (nSPS) is 10.6. The highest BCUT2D eigenvalue weighted by Crippen LogP contribution is 1.98. The number of ether oxygens (including phenoxy) is 1. The number of aliphatic hydroxyl groups is 1. The van der Waals surface area contributed by atoms with Gasteiger partial charge in [0.1, 0.15) is 6.42 Å². The Bertz CT molecular complexity index is 231. The first kappa shape index (κ1) is 16.1. The number of Topliss-reactive ketones (excluding diaryl/α,β-unsaturated/α-hetero) is 1. The molecule has 0 aliphatic carbocycles. The zero-order valence-corrected chi connectivity index (χ0v) is 10.8. The lowest BCUT2D eigenvalue weighted by molar-refractivity contribution is -0.145. The largest absolute Gasteiger partial charge is 0.466 e. The van der Waals surface area contributed by atoms with Gasteiger partial charge in [-0.2, -0.15) is 0 Å². The summed E-state index contributed by atoms with van der Waals surface area (Å²) < 4.78 is 4.70. The second-order valence-corrected chi connectivity index (χ2v) is 4.04.